The molecule has 0 amide bonds. The monoisotopic (exact) mass is 178 g/mol. The molecule has 0 aliphatic heterocycles. The molecule has 13 heavy (non-hydrogen) atoms. The highest BCUT2D eigenvalue weighted by atomic mass is 19.1. The summed E-state index contributed by atoms with van der Waals surface area (Å²) in [4.78, 5) is 0. The molecule has 0 aromatic heterocycles. The number of benzene rings is 1. The Balaban J connectivity index is 2.41. The summed E-state index contributed by atoms with van der Waals surface area (Å²) in [6, 6.07) is 5.80. The van der Waals surface area contributed by atoms with E-state index >= 15 is 0 Å². The molecule has 0 N–H and O–H groups in total. The molecule has 1 aliphatic rings. The maximum absolute atomic E-state index is 13.8. The van der Waals surface area contributed by atoms with Gasteiger partial charge < -0.3 is 0 Å². The fourth-order valence-corrected chi connectivity index (χ4v) is 1.72. The van der Waals surface area contributed by atoms with E-state index in [2.05, 4.69) is 0 Å². The van der Waals surface area contributed by atoms with Gasteiger partial charge in [-0.05, 0) is 35.8 Å². The van der Waals surface area contributed by atoms with Gasteiger partial charge in [0.15, 0.2) is 0 Å². The Labute approximate surface area is 78.8 Å². The van der Waals surface area contributed by atoms with Crippen LogP contribution in [-0.4, -0.2) is 0 Å². The largest absolute Gasteiger partial charge is 0.206 e. The lowest BCUT2D eigenvalue weighted by Gasteiger charge is -2.09. The Morgan fingerprint density at radius 2 is 2.00 bits per heavy atom. The summed E-state index contributed by atoms with van der Waals surface area (Å²) >= 11 is 0. The van der Waals surface area contributed by atoms with Gasteiger partial charge in [0.2, 0.25) is 0 Å². The van der Waals surface area contributed by atoms with E-state index in [-0.39, 0.29) is 5.82 Å². The molecule has 2 rings (SSSR count). The number of hydrogen-bond acceptors (Lipinski definition) is 0. The molecule has 0 nitrogen and oxygen atoms in total. The quantitative estimate of drug-likeness (QED) is 0.645. The molecule has 0 saturated heterocycles. The molecule has 0 atom stereocenters. The van der Waals surface area contributed by atoms with Crippen LogP contribution in [0.5, 0.6) is 0 Å². The van der Waals surface area contributed by atoms with Crippen LogP contribution in [-0.2, 0) is 0 Å². The van der Waals surface area contributed by atoms with E-state index in [1.165, 1.54) is 12.8 Å². The van der Waals surface area contributed by atoms with Crippen molar-refractivity contribution < 1.29 is 4.39 Å². The molecular weight excluding hydrogens is 163 g/mol. The van der Waals surface area contributed by atoms with Crippen LogP contribution < -0.4 is 0 Å². The van der Waals surface area contributed by atoms with Crippen molar-refractivity contribution in [2.45, 2.75) is 38.5 Å². The van der Waals surface area contributed by atoms with Crippen LogP contribution in [0.1, 0.15) is 49.7 Å². The SMILES string of the molecule is CC(C)c1cccc(C2CC2)c1F. The highest BCUT2D eigenvalue weighted by molar-refractivity contribution is 5.32. The van der Waals surface area contributed by atoms with Crippen molar-refractivity contribution in [3.8, 4) is 0 Å². The van der Waals surface area contributed by atoms with Gasteiger partial charge in [-0.2, -0.15) is 0 Å². The third kappa shape index (κ3) is 1.60. The van der Waals surface area contributed by atoms with Crippen molar-refractivity contribution >= 4 is 0 Å². The number of hydrogen-bond donors (Lipinski definition) is 0. The molecule has 1 heteroatoms. The van der Waals surface area contributed by atoms with E-state index in [0.29, 0.717) is 11.8 Å². The van der Waals surface area contributed by atoms with Crippen LogP contribution in [0.25, 0.3) is 0 Å². The highest BCUT2D eigenvalue weighted by Crippen LogP contribution is 2.42. The second-order valence-electron chi connectivity index (χ2n) is 4.18. The molecule has 0 radical (unpaired) electrons. The third-order valence-electron chi connectivity index (χ3n) is 2.70. The standard InChI is InChI=1S/C12H15F/c1-8(2)10-4-3-5-11(12(10)13)9-6-7-9/h3-5,8-9H,6-7H2,1-2H3. The first kappa shape index (κ1) is 8.74. The van der Waals surface area contributed by atoms with E-state index in [4.69, 9.17) is 0 Å². The van der Waals surface area contributed by atoms with Gasteiger partial charge in [0.1, 0.15) is 5.82 Å². The summed E-state index contributed by atoms with van der Waals surface area (Å²) in [6.07, 6.45) is 2.33. The van der Waals surface area contributed by atoms with Crippen molar-refractivity contribution in [2.75, 3.05) is 0 Å². The van der Waals surface area contributed by atoms with Crippen LogP contribution in [0.4, 0.5) is 4.39 Å². The summed E-state index contributed by atoms with van der Waals surface area (Å²) in [6.45, 7) is 4.07. The Bertz CT molecular complexity index is 291. The molecule has 0 bridgehead atoms. The molecule has 0 unspecified atom stereocenters. The topological polar surface area (TPSA) is 0 Å². The Morgan fingerprint density at radius 1 is 1.31 bits per heavy atom. The summed E-state index contributed by atoms with van der Waals surface area (Å²) in [7, 11) is 0. The molecule has 0 heterocycles. The normalized spacial score (nSPS) is 16.6. The minimum absolute atomic E-state index is 0.0417. The molecule has 1 aromatic carbocycles. The van der Waals surface area contributed by atoms with Crippen LogP contribution >= 0.6 is 0 Å². The number of halogens is 1. The second kappa shape index (κ2) is 3.13. The maximum atomic E-state index is 13.8. The number of rotatable bonds is 2. The predicted octanol–water partition coefficient (Wildman–Crippen LogP) is 3.83. The van der Waals surface area contributed by atoms with Gasteiger partial charge in [-0.25, -0.2) is 4.39 Å². The predicted molar refractivity (Wildman–Crippen MR) is 52.5 cm³/mol. The van der Waals surface area contributed by atoms with Crippen molar-refractivity contribution in [3.63, 3.8) is 0 Å². The van der Waals surface area contributed by atoms with Gasteiger partial charge in [0.05, 0.1) is 0 Å². The van der Waals surface area contributed by atoms with Crippen LogP contribution in [0.3, 0.4) is 0 Å². The fourth-order valence-electron chi connectivity index (χ4n) is 1.72. The summed E-state index contributed by atoms with van der Waals surface area (Å²) < 4.78 is 13.8. The third-order valence-corrected chi connectivity index (χ3v) is 2.70. The zero-order valence-corrected chi connectivity index (χ0v) is 8.18. The maximum Gasteiger partial charge on any atom is 0.130 e. The van der Waals surface area contributed by atoms with Gasteiger partial charge in [0.25, 0.3) is 0 Å². The first-order valence-electron chi connectivity index (χ1n) is 4.98. The minimum Gasteiger partial charge on any atom is -0.206 e. The van der Waals surface area contributed by atoms with E-state index in [1.54, 1.807) is 0 Å². The lowest BCUT2D eigenvalue weighted by Crippen LogP contribution is -1.96. The smallest absolute Gasteiger partial charge is 0.130 e. The summed E-state index contributed by atoms with van der Waals surface area (Å²) in [5, 5.41) is 0. The van der Waals surface area contributed by atoms with Crippen molar-refractivity contribution in [2.24, 2.45) is 0 Å². The van der Waals surface area contributed by atoms with Gasteiger partial charge in [0, 0.05) is 0 Å². The zero-order valence-electron chi connectivity index (χ0n) is 8.18. The van der Waals surface area contributed by atoms with Crippen molar-refractivity contribution in [1.29, 1.82) is 0 Å². The first-order valence-corrected chi connectivity index (χ1v) is 4.98. The average molecular weight is 178 g/mol. The molecule has 1 aromatic rings. The first-order chi connectivity index (χ1) is 6.20. The molecule has 70 valence electrons. The van der Waals surface area contributed by atoms with Crippen LogP contribution in [0, 0.1) is 5.82 Å². The molecule has 1 fully saturated rings. The average Bonchev–Trinajstić information content (AvgIpc) is 2.87. The summed E-state index contributed by atoms with van der Waals surface area (Å²) in [5.74, 6) is 0.845. The summed E-state index contributed by atoms with van der Waals surface area (Å²) in [5.41, 5.74) is 1.80. The van der Waals surface area contributed by atoms with E-state index in [1.807, 2.05) is 32.0 Å². The Morgan fingerprint density at radius 3 is 2.54 bits per heavy atom. The van der Waals surface area contributed by atoms with Gasteiger partial charge in [-0.15, -0.1) is 0 Å². The molecule has 1 aliphatic carbocycles. The van der Waals surface area contributed by atoms with Gasteiger partial charge in [-0.1, -0.05) is 32.0 Å². The zero-order chi connectivity index (χ0) is 9.42. The van der Waals surface area contributed by atoms with E-state index < -0.39 is 0 Å². The van der Waals surface area contributed by atoms with Crippen LogP contribution in [0.2, 0.25) is 0 Å². The lowest BCUT2D eigenvalue weighted by molar-refractivity contribution is 0.583. The van der Waals surface area contributed by atoms with Crippen molar-refractivity contribution in [3.05, 3.63) is 35.1 Å². The highest BCUT2D eigenvalue weighted by Gasteiger charge is 2.27. The van der Waals surface area contributed by atoms with E-state index in [9.17, 15) is 4.39 Å². The fraction of sp³-hybridized carbons (Fsp3) is 0.500. The van der Waals surface area contributed by atoms with Gasteiger partial charge in [-0.3, -0.25) is 0 Å². The Hall–Kier alpha value is -0.850. The van der Waals surface area contributed by atoms with Crippen molar-refractivity contribution in [1.82, 2.24) is 0 Å². The molecule has 1 saturated carbocycles. The molecule has 0 spiro atoms. The van der Waals surface area contributed by atoms with E-state index in [0.717, 1.165) is 11.1 Å². The minimum atomic E-state index is 0.0417. The Kier molecular flexibility index (Phi) is 2.10. The van der Waals surface area contributed by atoms with Crippen LogP contribution in [0.15, 0.2) is 18.2 Å². The van der Waals surface area contributed by atoms with Gasteiger partial charge >= 0.3 is 0 Å². The molecular formula is C12H15F. The lowest BCUT2D eigenvalue weighted by atomic mass is 9.98. The second-order valence-corrected chi connectivity index (χ2v) is 4.18.